The first-order valence-electron chi connectivity index (χ1n) is 5.57. The van der Waals surface area contributed by atoms with Crippen LogP contribution in [-0.4, -0.2) is 18.3 Å². The van der Waals surface area contributed by atoms with E-state index >= 15 is 0 Å². The number of carbonyl (C=O) groups excluding carboxylic acids is 1. The van der Waals surface area contributed by atoms with Gasteiger partial charge in [-0.15, -0.1) is 0 Å². The molecule has 0 atom stereocenters. The predicted octanol–water partition coefficient (Wildman–Crippen LogP) is 3.21. The van der Waals surface area contributed by atoms with Crippen LogP contribution >= 0.6 is 11.6 Å². The largest absolute Gasteiger partial charge is 0.461 e. The molecule has 9 heteroatoms. The van der Waals surface area contributed by atoms with Gasteiger partial charge in [-0.05, 0) is 25.1 Å². The summed E-state index contributed by atoms with van der Waals surface area (Å²) < 4.78 is 42.5. The third kappa shape index (κ3) is 4.65. The van der Waals surface area contributed by atoms with Crippen LogP contribution in [0, 0.1) is 11.3 Å². The van der Waals surface area contributed by atoms with Crippen molar-refractivity contribution in [1.82, 2.24) is 0 Å². The van der Waals surface area contributed by atoms with Crippen LogP contribution in [0.2, 0.25) is 5.02 Å². The van der Waals surface area contributed by atoms with Crippen molar-refractivity contribution >= 4 is 29.0 Å². The van der Waals surface area contributed by atoms with E-state index in [1.54, 1.807) is 0 Å². The van der Waals surface area contributed by atoms with Crippen LogP contribution in [0.3, 0.4) is 0 Å². The number of carbonyl (C=O) groups is 1. The standard InChI is InChI=1S/C12H9ClF3N3O2/c1-2-21-11(20)10(6-17)19-18-7-3-4-9(13)8(5-7)12(14,15)16/h3-5,18H,2H2,1H3/b19-10-. The number of anilines is 1. The smallest absolute Gasteiger partial charge is 0.417 e. The first-order valence-corrected chi connectivity index (χ1v) is 5.95. The van der Waals surface area contributed by atoms with Crippen molar-refractivity contribution in [3.8, 4) is 6.07 Å². The summed E-state index contributed by atoms with van der Waals surface area (Å²) in [5, 5.41) is 11.6. The molecule has 0 saturated heterocycles. The third-order valence-corrected chi connectivity index (χ3v) is 2.47. The zero-order valence-electron chi connectivity index (χ0n) is 10.7. The SMILES string of the molecule is CCOC(=O)/C(C#N)=N\Nc1ccc(Cl)c(C(F)(F)F)c1. The van der Waals surface area contributed by atoms with Gasteiger partial charge in [0.05, 0.1) is 22.9 Å². The maximum atomic E-state index is 12.6. The molecule has 1 N–H and O–H groups in total. The number of hydrazone groups is 1. The zero-order valence-corrected chi connectivity index (χ0v) is 11.4. The highest BCUT2D eigenvalue weighted by Gasteiger charge is 2.33. The lowest BCUT2D eigenvalue weighted by molar-refractivity contribution is -0.137. The normalized spacial score (nSPS) is 11.7. The van der Waals surface area contributed by atoms with E-state index in [4.69, 9.17) is 16.9 Å². The van der Waals surface area contributed by atoms with Gasteiger partial charge in [0, 0.05) is 0 Å². The minimum absolute atomic E-state index is 0.0404. The lowest BCUT2D eigenvalue weighted by Crippen LogP contribution is -2.17. The van der Waals surface area contributed by atoms with Gasteiger partial charge in [0.25, 0.3) is 0 Å². The average molecular weight is 320 g/mol. The lowest BCUT2D eigenvalue weighted by Gasteiger charge is -2.10. The number of hydrogen-bond acceptors (Lipinski definition) is 5. The molecule has 1 aromatic carbocycles. The van der Waals surface area contributed by atoms with Crippen LogP contribution in [0.4, 0.5) is 18.9 Å². The first kappa shape index (κ1) is 16.8. The molecule has 0 saturated carbocycles. The van der Waals surface area contributed by atoms with Crippen molar-refractivity contribution in [1.29, 1.82) is 5.26 Å². The van der Waals surface area contributed by atoms with Gasteiger partial charge in [0.1, 0.15) is 6.07 Å². The molecule has 0 aliphatic carbocycles. The van der Waals surface area contributed by atoms with Gasteiger partial charge in [-0.25, -0.2) is 4.79 Å². The second-order valence-corrected chi connectivity index (χ2v) is 4.00. The number of nitrogens with one attached hydrogen (secondary N) is 1. The van der Waals surface area contributed by atoms with Gasteiger partial charge >= 0.3 is 12.1 Å². The Morgan fingerprint density at radius 2 is 2.19 bits per heavy atom. The summed E-state index contributed by atoms with van der Waals surface area (Å²) in [4.78, 5) is 11.3. The van der Waals surface area contributed by atoms with Crippen molar-refractivity contribution in [2.24, 2.45) is 5.10 Å². The summed E-state index contributed by atoms with van der Waals surface area (Å²) in [6.45, 7) is 1.58. The number of benzene rings is 1. The molecule has 0 spiro atoms. The van der Waals surface area contributed by atoms with Crippen molar-refractivity contribution in [2.45, 2.75) is 13.1 Å². The minimum atomic E-state index is -4.63. The molecule has 0 unspecified atom stereocenters. The molecule has 21 heavy (non-hydrogen) atoms. The van der Waals surface area contributed by atoms with E-state index in [9.17, 15) is 18.0 Å². The number of rotatable bonds is 4. The Kier molecular flexibility index (Phi) is 5.55. The summed E-state index contributed by atoms with van der Waals surface area (Å²) in [7, 11) is 0. The van der Waals surface area contributed by atoms with Gasteiger partial charge < -0.3 is 4.74 Å². The van der Waals surface area contributed by atoms with Crippen molar-refractivity contribution in [3.63, 3.8) is 0 Å². The molecule has 0 aliphatic rings. The average Bonchev–Trinajstić information content (AvgIpc) is 2.40. The van der Waals surface area contributed by atoms with Gasteiger partial charge in [0.2, 0.25) is 5.71 Å². The van der Waals surface area contributed by atoms with E-state index in [2.05, 4.69) is 15.3 Å². The summed E-state index contributed by atoms with van der Waals surface area (Å²) >= 11 is 5.45. The van der Waals surface area contributed by atoms with Gasteiger partial charge in [-0.1, -0.05) is 11.6 Å². The molecule has 5 nitrogen and oxygen atoms in total. The van der Waals surface area contributed by atoms with Gasteiger partial charge in [-0.3, -0.25) is 5.43 Å². The van der Waals surface area contributed by atoms with Crippen molar-refractivity contribution in [3.05, 3.63) is 28.8 Å². The summed E-state index contributed by atoms with van der Waals surface area (Å²) in [5.41, 5.74) is 0.434. The minimum Gasteiger partial charge on any atom is -0.461 e. The van der Waals surface area contributed by atoms with E-state index in [1.807, 2.05) is 0 Å². The Balaban J connectivity index is 2.99. The molecule has 0 aromatic heterocycles. The Labute approximate surface area is 123 Å². The molecule has 112 valence electrons. The summed E-state index contributed by atoms with van der Waals surface area (Å²) in [5.74, 6) is -0.975. The third-order valence-electron chi connectivity index (χ3n) is 2.14. The highest BCUT2D eigenvalue weighted by Crippen LogP contribution is 2.36. The highest BCUT2D eigenvalue weighted by atomic mass is 35.5. The van der Waals surface area contributed by atoms with E-state index in [1.165, 1.54) is 19.1 Å². The predicted molar refractivity (Wildman–Crippen MR) is 69.8 cm³/mol. The second-order valence-electron chi connectivity index (χ2n) is 3.60. The van der Waals surface area contributed by atoms with E-state index in [0.29, 0.717) is 6.07 Å². The fourth-order valence-corrected chi connectivity index (χ4v) is 1.47. The number of nitriles is 1. The van der Waals surface area contributed by atoms with Gasteiger partial charge in [-0.2, -0.15) is 23.5 Å². The lowest BCUT2D eigenvalue weighted by atomic mass is 10.2. The van der Waals surface area contributed by atoms with Crippen molar-refractivity contribution < 1.29 is 22.7 Å². The summed E-state index contributed by atoms with van der Waals surface area (Å²) in [6.07, 6.45) is -4.63. The monoisotopic (exact) mass is 319 g/mol. The Morgan fingerprint density at radius 1 is 1.52 bits per heavy atom. The summed E-state index contributed by atoms with van der Waals surface area (Å²) in [6, 6.07) is 4.44. The van der Waals surface area contributed by atoms with E-state index < -0.39 is 28.4 Å². The van der Waals surface area contributed by atoms with Crippen molar-refractivity contribution in [2.75, 3.05) is 12.0 Å². The number of ether oxygens (including phenoxy) is 1. The molecule has 1 aromatic rings. The molecule has 0 amide bonds. The number of esters is 1. The second kappa shape index (κ2) is 6.95. The maximum absolute atomic E-state index is 12.6. The first-order chi connectivity index (χ1) is 9.79. The molecule has 0 heterocycles. The zero-order chi connectivity index (χ0) is 16.0. The molecule has 0 radical (unpaired) electrons. The van der Waals surface area contributed by atoms with Crippen LogP contribution in [-0.2, 0) is 15.7 Å². The van der Waals surface area contributed by atoms with Gasteiger partial charge in [0.15, 0.2) is 0 Å². The fourth-order valence-electron chi connectivity index (χ4n) is 1.25. The van der Waals surface area contributed by atoms with Crippen LogP contribution in [0.15, 0.2) is 23.3 Å². The topological polar surface area (TPSA) is 74.5 Å². The Morgan fingerprint density at radius 3 is 2.71 bits per heavy atom. The molecule has 0 bridgehead atoms. The van der Waals surface area contributed by atoms with Crippen LogP contribution in [0.5, 0.6) is 0 Å². The molecular formula is C12H9ClF3N3O2. The number of hydrogen-bond donors (Lipinski definition) is 1. The Bertz CT molecular complexity index is 609. The number of nitrogens with zero attached hydrogens (tertiary/aromatic N) is 2. The molecular weight excluding hydrogens is 311 g/mol. The van der Waals surface area contributed by atoms with Crippen LogP contribution in [0.25, 0.3) is 0 Å². The van der Waals surface area contributed by atoms with E-state index in [0.717, 1.165) is 6.07 Å². The van der Waals surface area contributed by atoms with E-state index in [-0.39, 0.29) is 12.3 Å². The quantitative estimate of drug-likeness (QED) is 0.525. The number of alkyl halides is 3. The molecule has 0 aliphatic heterocycles. The number of halogens is 4. The maximum Gasteiger partial charge on any atom is 0.417 e. The van der Waals surface area contributed by atoms with Crippen LogP contribution in [0.1, 0.15) is 12.5 Å². The Hall–Kier alpha value is -2.27. The molecule has 1 rings (SSSR count). The van der Waals surface area contributed by atoms with Crippen LogP contribution < -0.4 is 5.43 Å². The molecule has 0 fully saturated rings. The highest BCUT2D eigenvalue weighted by molar-refractivity contribution is 6.43. The fraction of sp³-hybridized carbons (Fsp3) is 0.250.